The van der Waals surface area contributed by atoms with E-state index in [1.165, 1.54) is 23.1 Å². The van der Waals surface area contributed by atoms with Crippen molar-refractivity contribution in [3.8, 4) is 11.8 Å². The molecule has 0 spiro atoms. The molecular formula is C20H21N3O4S. The van der Waals surface area contributed by atoms with Crippen LogP contribution in [0.1, 0.15) is 11.1 Å². The first-order valence-electron chi connectivity index (χ1n) is 8.43. The predicted octanol–water partition coefficient (Wildman–Crippen LogP) is 2.06. The Labute approximate surface area is 164 Å². The molecule has 0 atom stereocenters. The summed E-state index contributed by atoms with van der Waals surface area (Å²) in [6, 6.07) is 14.9. The predicted molar refractivity (Wildman–Crippen MR) is 105 cm³/mol. The molecule has 1 amide bonds. The summed E-state index contributed by atoms with van der Waals surface area (Å²) in [5, 5.41) is 9.05. The maximum absolute atomic E-state index is 12.4. The normalized spacial score (nSPS) is 10.7. The fraction of sp³-hybridized carbons (Fsp3) is 0.200. The third-order valence-electron chi connectivity index (χ3n) is 3.85. The van der Waals surface area contributed by atoms with Gasteiger partial charge in [-0.2, -0.15) is 5.26 Å². The number of sulfonamides is 1. The van der Waals surface area contributed by atoms with Crippen molar-refractivity contribution in [3.63, 3.8) is 0 Å². The minimum Gasteiger partial charge on any atom is -0.490 e. The van der Waals surface area contributed by atoms with Gasteiger partial charge >= 0.3 is 0 Å². The number of nitrogens with one attached hydrogen (secondary N) is 1. The lowest BCUT2D eigenvalue weighted by Crippen LogP contribution is -2.38. The van der Waals surface area contributed by atoms with Crippen molar-refractivity contribution in [1.82, 2.24) is 9.62 Å². The number of benzene rings is 2. The van der Waals surface area contributed by atoms with E-state index >= 15 is 0 Å². The van der Waals surface area contributed by atoms with E-state index in [1.54, 1.807) is 31.3 Å². The first-order chi connectivity index (χ1) is 13.4. The third kappa shape index (κ3) is 5.67. The molecule has 28 heavy (non-hydrogen) atoms. The number of nitrogens with zero attached hydrogens (tertiary/aromatic N) is 2. The first-order valence-corrected chi connectivity index (χ1v) is 9.91. The monoisotopic (exact) mass is 399 g/mol. The number of carbonyl (C=O) groups is 1. The maximum Gasteiger partial charge on any atom is 0.242 e. The van der Waals surface area contributed by atoms with Crippen LogP contribution in [0.25, 0.3) is 0 Å². The Kier molecular flexibility index (Phi) is 7.32. The highest BCUT2D eigenvalue weighted by molar-refractivity contribution is 7.89. The largest absolute Gasteiger partial charge is 0.490 e. The van der Waals surface area contributed by atoms with Gasteiger partial charge in [0.05, 0.1) is 17.0 Å². The maximum atomic E-state index is 12.4. The SMILES string of the molecule is C=CCOc1ccc(CN(C)C(=O)CNS(=O)(=O)c2ccccc2C#N)cc1. The molecule has 0 heterocycles. The zero-order chi connectivity index (χ0) is 20.6. The van der Waals surface area contributed by atoms with E-state index in [9.17, 15) is 13.2 Å². The van der Waals surface area contributed by atoms with E-state index in [4.69, 9.17) is 10.00 Å². The number of hydrogen-bond acceptors (Lipinski definition) is 5. The molecular weight excluding hydrogens is 378 g/mol. The molecule has 0 fully saturated rings. The molecule has 0 aromatic heterocycles. The zero-order valence-electron chi connectivity index (χ0n) is 15.5. The van der Waals surface area contributed by atoms with Gasteiger partial charge in [-0.25, -0.2) is 13.1 Å². The number of hydrogen-bond donors (Lipinski definition) is 1. The average molecular weight is 399 g/mol. The highest BCUT2D eigenvalue weighted by atomic mass is 32.2. The second kappa shape index (κ2) is 9.69. The van der Waals surface area contributed by atoms with Crippen molar-refractivity contribution in [2.45, 2.75) is 11.4 Å². The van der Waals surface area contributed by atoms with Crippen LogP contribution in [-0.2, 0) is 21.4 Å². The first kappa shape index (κ1) is 21.2. The van der Waals surface area contributed by atoms with Gasteiger partial charge in [0.1, 0.15) is 18.4 Å². The summed E-state index contributed by atoms with van der Waals surface area (Å²) in [7, 11) is -2.38. The highest BCUT2D eigenvalue weighted by Crippen LogP contribution is 2.15. The lowest BCUT2D eigenvalue weighted by atomic mass is 10.2. The molecule has 1 N–H and O–H groups in total. The molecule has 2 aromatic carbocycles. The fourth-order valence-corrected chi connectivity index (χ4v) is 3.50. The van der Waals surface area contributed by atoms with Gasteiger partial charge in [0, 0.05) is 13.6 Å². The van der Waals surface area contributed by atoms with Crippen molar-refractivity contribution in [3.05, 3.63) is 72.3 Å². The second-order valence-electron chi connectivity index (χ2n) is 5.93. The van der Waals surface area contributed by atoms with Crippen LogP contribution in [-0.4, -0.2) is 39.4 Å². The Morgan fingerprint density at radius 1 is 1.25 bits per heavy atom. The number of ether oxygens (including phenoxy) is 1. The van der Waals surface area contributed by atoms with Gasteiger partial charge in [-0.05, 0) is 29.8 Å². The van der Waals surface area contributed by atoms with Gasteiger partial charge in [-0.3, -0.25) is 4.79 Å². The standard InChI is InChI=1S/C20H21N3O4S/c1-3-12-27-18-10-8-16(9-11-18)15-23(2)20(24)14-22-28(25,26)19-7-5-4-6-17(19)13-21/h3-11,22H,1,12,14-15H2,2H3. The van der Waals surface area contributed by atoms with Crippen molar-refractivity contribution in [1.29, 1.82) is 5.26 Å². The number of nitriles is 1. The van der Waals surface area contributed by atoms with Crippen LogP contribution in [0.15, 0.2) is 66.1 Å². The van der Waals surface area contributed by atoms with Crippen LogP contribution in [0.5, 0.6) is 5.75 Å². The molecule has 0 saturated heterocycles. The van der Waals surface area contributed by atoms with E-state index in [2.05, 4.69) is 11.3 Å². The minimum atomic E-state index is -3.96. The topological polar surface area (TPSA) is 99.5 Å². The molecule has 2 aromatic rings. The van der Waals surface area contributed by atoms with E-state index < -0.39 is 22.5 Å². The van der Waals surface area contributed by atoms with Crippen LogP contribution >= 0.6 is 0 Å². The van der Waals surface area contributed by atoms with Crippen LogP contribution in [0.4, 0.5) is 0 Å². The van der Waals surface area contributed by atoms with Crippen molar-refractivity contribution in [2.75, 3.05) is 20.2 Å². The van der Waals surface area contributed by atoms with Crippen molar-refractivity contribution in [2.24, 2.45) is 0 Å². The Balaban J connectivity index is 1.95. The van der Waals surface area contributed by atoms with Gasteiger partial charge in [0.25, 0.3) is 0 Å². The van der Waals surface area contributed by atoms with Gasteiger partial charge in [0.15, 0.2) is 0 Å². The van der Waals surface area contributed by atoms with E-state index in [1.807, 2.05) is 18.2 Å². The number of rotatable bonds is 9. The smallest absolute Gasteiger partial charge is 0.242 e. The molecule has 0 saturated carbocycles. The molecule has 0 aliphatic carbocycles. The molecule has 7 nitrogen and oxygen atoms in total. The highest BCUT2D eigenvalue weighted by Gasteiger charge is 2.20. The number of amides is 1. The van der Waals surface area contributed by atoms with Gasteiger partial charge < -0.3 is 9.64 Å². The molecule has 0 bridgehead atoms. The summed E-state index contributed by atoms with van der Waals surface area (Å²) in [5.41, 5.74) is 0.897. The summed E-state index contributed by atoms with van der Waals surface area (Å²) in [5.74, 6) is 0.298. The molecule has 0 aliphatic rings. The van der Waals surface area contributed by atoms with E-state index in [-0.39, 0.29) is 10.5 Å². The Morgan fingerprint density at radius 2 is 1.93 bits per heavy atom. The van der Waals surface area contributed by atoms with E-state index in [0.717, 1.165) is 5.56 Å². The molecule has 146 valence electrons. The minimum absolute atomic E-state index is 0.0227. The summed E-state index contributed by atoms with van der Waals surface area (Å²) < 4.78 is 32.4. The van der Waals surface area contributed by atoms with Crippen LogP contribution in [0.2, 0.25) is 0 Å². The van der Waals surface area contributed by atoms with Gasteiger partial charge in [-0.15, -0.1) is 0 Å². The van der Waals surface area contributed by atoms with Gasteiger partial charge in [0.2, 0.25) is 15.9 Å². The zero-order valence-corrected chi connectivity index (χ0v) is 16.3. The second-order valence-corrected chi connectivity index (χ2v) is 7.66. The lowest BCUT2D eigenvalue weighted by molar-refractivity contribution is -0.129. The fourth-order valence-electron chi connectivity index (χ4n) is 2.37. The van der Waals surface area contributed by atoms with Crippen LogP contribution in [0.3, 0.4) is 0 Å². The van der Waals surface area contributed by atoms with Crippen LogP contribution in [0, 0.1) is 11.3 Å². The molecule has 0 unspecified atom stereocenters. The van der Waals surface area contributed by atoms with Crippen molar-refractivity contribution < 1.29 is 17.9 Å². The Bertz CT molecular complexity index is 979. The summed E-state index contributed by atoms with van der Waals surface area (Å²) in [6.07, 6.45) is 1.65. The molecule has 0 radical (unpaired) electrons. The Hall–Kier alpha value is -3.15. The summed E-state index contributed by atoms with van der Waals surface area (Å²) in [4.78, 5) is 13.6. The van der Waals surface area contributed by atoms with Crippen LogP contribution < -0.4 is 9.46 Å². The quantitative estimate of drug-likeness (QED) is 0.651. The molecule has 8 heteroatoms. The molecule has 2 rings (SSSR count). The van der Waals surface area contributed by atoms with Gasteiger partial charge in [-0.1, -0.05) is 36.9 Å². The van der Waals surface area contributed by atoms with Crippen molar-refractivity contribution >= 4 is 15.9 Å². The summed E-state index contributed by atoms with van der Waals surface area (Å²) >= 11 is 0. The van der Waals surface area contributed by atoms with E-state index in [0.29, 0.717) is 18.9 Å². The summed E-state index contributed by atoms with van der Waals surface area (Å²) in [6.45, 7) is 3.90. The number of carbonyl (C=O) groups excluding carboxylic acids is 1. The third-order valence-corrected chi connectivity index (χ3v) is 5.31. The lowest BCUT2D eigenvalue weighted by Gasteiger charge is -2.18. The average Bonchev–Trinajstić information content (AvgIpc) is 2.71. The molecule has 0 aliphatic heterocycles. The Morgan fingerprint density at radius 3 is 2.57 bits per heavy atom. The number of likely N-dealkylation sites (N-methyl/N-ethyl adjacent to an activating group) is 1.